The quantitative estimate of drug-likeness (QED) is 0.781. The van der Waals surface area contributed by atoms with Crippen LogP contribution in [0.3, 0.4) is 0 Å². The molecule has 4 nitrogen and oxygen atoms in total. The fraction of sp³-hybridized carbons (Fsp3) is 0.467. The van der Waals surface area contributed by atoms with Gasteiger partial charge in [-0.3, -0.25) is 9.59 Å². The van der Waals surface area contributed by atoms with Crippen molar-refractivity contribution in [2.45, 2.75) is 19.8 Å². The molecule has 0 bridgehead atoms. The Labute approximate surface area is 131 Å². The van der Waals surface area contributed by atoms with Crippen molar-refractivity contribution in [1.82, 2.24) is 4.90 Å². The van der Waals surface area contributed by atoms with Gasteiger partial charge in [-0.15, -0.1) is 0 Å². The molecule has 0 spiro atoms. The maximum Gasteiger partial charge on any atom is 0.309 e. The Morgan fingerprint density at radius 1 is 1.38 bits per heavy atom. The molecule has 2 rings (SSSR count). The first-order chi connectivity index (χ1) is 10.0. The van der Waals surface area contributed by atoms with Gasteiger partial charge < -0.3 is 9.64 Å². The summed E-state index contributed by atoms with van der Waals surface area (Å²) in [7, 11) is 0. The van der Waals surface area contributed by atoms with Gasteiger partial charge in [0.15, 0.2) is 0 Å². The van der Waals surface area contributed by atoms with Crippen molar-refractivity contribution in [2.75, 3.05) is 19.7 Å². The van der Waals surface area contributed by atoms with Crippen LogP contribution in [0, 0.1) is 11.7 Å². The molecular formula is C15H17BrFNO3. The van der Waals surface area contributed by atoms with E-state index in [1.807, 2.05) is 0 Å². The zero-order chi connectivity index (χ0) is 15.4. The van der Waals surface area contributed by atoms with E-state index < -0.39 is 5.82 Å². The van der Waals surface area contributed by atoms with Gasteiger partial charge in [0, 0.05) is 17.6 Å². The van der Waals surface area contributed by atoms with Gasteiger partial charge in [-0.2, -0.15) is 0 Å². The zero-order valence-corrected chi connectivity index (χ0v) is 13.4. The molecule has 1 heterocycles. The number of amides is 1. The van der Waals surface area contributed by atoms with Crippen molar-refractivity contribution in [3.63, 3.8) is 0 Å². The van der Waals surface area contributed by atoms with E-state index in [0.717, 1.165) is 0 Å². The lowest BCUT2D eigenvalue weighted by Gasteiger charge is -2.31. The molecule has 0 radical (unpaired) electrons. The molecule has 1 aromatic rings. The number of carbonyl (C=O) groups is 2. The van der Waals surface area contributed by atoms with E-state index in [4.69, 9.17) is 4.74 Å². The molecule has 1 saturated heterocycles. The minimum atomic E-state index is -0.532. The Bertz CT molecular complexity index is 542. The second-order valence-corrected chi connectivity index (χ2v) is 5.86. The second-order valence-electron chi connectivity index (χ2n) is 4.94. The first kappa shape index (κ1) is 15.9. The molecule has 0 aromatic heterocycles. The molecule has 1 amide bonds. The van der Waals surface area contributed by atoms with Gasteiger partial charge >= 0.3 is 5.97 Å². The molecule has 1 fully saturated rings. The van der Waals surface area contributed by atoms with Crippen molar-refractivity contribution < 1.29 is 18.7 Å². The summed E-state index contributed by atoms with van der Waals surface area (Å²) < 4.78 is 19.4. The minimum absolute atomic E-state index is 0.0546. The number of nitrogens with zero attached hydrogens (tertiary/aromatic N) is 1. The largest absolute Gasteiger partial charge is 0.466 e. The predicted molar refractivity (Wildman–Crippen MR) is 79.4 cm³/mol. The summed E-state index contributed by atoms with van der Waals surface area (Å²) in [5.74, 6) is -1.24. The summed E-state index contributed by atoms with van der Waals surface area (Å²) in [4.78, 5) is 25.6. The molecule has 0 N–H and O–H groups in total. The van der Waals surface area contributed by atoms with Crippen LogP contribution in [0.15, 0.2) is 22.7 Å². The van der Waals surface area contributed by atoms with Gasteiger partial charge in [0.1, 0.15) is 5.82 Å². The molecule has 0 saturated carbocycles. The van der Waals surface area contributed by atoms with E-state index in [9.17, 15) is 14.0 Å². The number of rotatable bonds is 3. The average Bonchev–Trinajstić information content (AvgIpc) is 2.49. The fourth-order valence-corrected chi connectivity index (χ4v) is 2.77. The van der Waals surface area contributed by atoms with Crippen molar-refractivity contribution in [2.24, 2.45) is 5.92 Å². The predicted octanol–water partition coefficient (Wildman–Crippen LogP) is 3.00. The highest BCUT2D eigenvalue weighted by atomic mass is 79.9. The highest BCUT2D eigenvalue weighted by Gasteiger charge is 2.29. The third kappa shape index (κ3) is 3.81. The lowest BCUT2D eigenvalue weighted by Crippen LogP contribution is -2.41. The van der Waals surface area contributed by atoms with Gasteiger partial charge in [0.05, 0.1) is 18.1 Å². The molecular weight excluding hydrogens is 341 g/mol. The normalized spacial score (nSPS) is 15.9. The number of likely N-dealkylation sites (tertiary alicyclic amines) is 1. The Morgan fingerprint density at radius 2 is 2.05 bits per heavy atom. The standard InChI is InChI=1S/C15H17BrFNO3/c1-2-21-15(20)10-5-7-18(8-6-10)14(19)12-9-11(16)3-4-13(12)17/h3-4,9-10H,2,5-8H2,1H3. The molecule has 0 aliphatic carbocycles. The third-order valence-corrected chi connectivity index (χ3v) is 4.05. The van der Waals surface area contributed by atoms with Gasteiger partial charge in [0.2, 0.25) is 0 Å². The highest BCUT2D eigenvalue weighted by molar-refractivity contribution is 9.10. The van der Waals surface area contributed by atoms with Gasteiger partial charge in [0.25, 0.3) is 5.91 Å². The van der Waals surface area contributed by atoms with E-state index in [-0.39, 0.29) is 23.4 Å². The van der Waals surface area contributed by atoms with Crippen LogP contribution < -0.4 is 0 Å². The third-order valence-electron chi connectivity index (χ3n) is 3.56. The molecule has 1 aromatic carbocycles. The van der Waals surface area contributed by atoms with Gasteiger partial charge in [-0.05, 0) is 38.0 Å². The van der Waals surface area contributed by atoms with E-state index in [0.29, 0.717) is 37.0 Å². The SMILES string of the molecule is CCOC(=O)C1CCN(C(=O)c2cc(Br)ccc2F)CC1. The number of ether oxygens (including phenoxy) is 1. The maximum atomic E-state index is 13.7. The van der Waals surface area contributed by atoms with E-state index in [2.05, 4.69) is 15.9 Å². The van der Waals surface area contributed by atoms with E-state index in [1.165, 1.54) is 12.1 Å². The number of hydrogen-bond acceptors (Lipinski definition) is 3. The first-order valence-electron chi connectivity index (χ1n) is 6.94. The summed E-state index contributed by atoms with van der Waals surface area (Å²) in [6, 6.07) is 4.30. The van der Waals surface area contributed by atoms with Crippen LogP contribution in [0.4, 0.5) is 4.39 Å². The molecule has 1 aliphatic rings. The summed E-state index contributed by atoms with van der Waals surface area (Å²) in [6.07, 6.45) is 1.11. The Kier molecular flexibility index (Phi) is 5.33. The summed E-state index contributed by atoms with van der Waals surface area (Å²) in [5, 5.41) is 0. The summed E-state index contributed by atoms with van der Waals surface area (Å²) >= 11 is 3.24. The molecule has 21 heavy (non-hydrogen) atoms. The molecule has 114 valence electrons. The van der Waals surface area contributed by atoms with Crippen LogP contribution in [0.25, 0.3) is 0 Å². The number of benzene rings is 1. The number of carbonyl (C=O) groups excluding carboxylic acids is 2. The van der Waals surface area contributed by atoms with Crippen molar-refractivity contribution >= 4 is 27.8 Å². The fourth-order valence-electron chi connectivity index (χ4n) is 2.41. The molecule has 0 atom stereocenters. The minimum Gasteiger partial charge on any atom is -0.466 e. The van der Waals surface area contributed by atoms with E-state index in [1.54, 1.807) is 17.9 Å². The smallest absolute Gasteiger partial charge is 0.309 e. The Balaban J connectivity index is 2.00. The number of esters is 1. The monoisotopic (exact) mass is 357 g/mol. The van der Waals surface area contributed by atoms with Crippen molar-refractivity contribution in [1.29, 1.82) is 0 Å². The average molecular weight is 358 g/mol. The van der Waals surface area contributed by atoms with Crippen molar-refractivity contribution in [3.05, 3.63) is 34.1 Å². The van der Waals surface area contributed by atoms with Crippen LogP contribution in [0.2, 0.25) is 0 Å². The van der Waals surface area contributed by atoms with Crippen LogP contribution in [0.1, 0.15) is 30.1 Å². The van der Waals surface area contributed by atoms with E-state index >= 15 is 0 Å². The number of hydrogen-bond donors (Lipinski definition) is 0. The topological polar surface area (TPSA) is 46.6 Å². The lowest BCUT2D eigenvalue weighted by molar-refractivity contribution is -0.149. The van der Waals surface area contributed by atoms with Crippen LogP contribution in [-0.2, 0) is 9.53 Å². The maximum absolute atomic E-state index is 13.7. The number of piperidine rings is 1. The van der Waals surface area contributed by atoms with Crippen LogP contribution in [0.5, 0.6) is 0 Å². The molecule has 0 unspecified atom stereocenters. The highest BCUT2D eigenvalue weighted by Crippen LogP contribution is 2.22. The molecule has 1 aliphatic heterocycles. The lowest BCUT2D eigenvalue weighted by atomic mass is 9.96. The van der Waals surface area contributed by atoms with Gasteiger partial charge in [-0.1, -0.05) is 15.9 Å². The molecule has 6 heteroatoms. The Morgan fingerprint density at radius 3 is 2.67 bits per heavy atom. The van der Waals surface area contributed by atoms with Crippen LogP contribution in [-0.4, -0.2) is 36.5 Å². The zero-order valence-electron chi connectivity index (χ0n) is 11.8. The second kappa shape index (κ2) is 7.02. The number of halogens is 2. The Hall–Kier alpha value is -1.43. The first-order valence-corrected chi connectivity index (χ1v) is 7.73. The summed E-state index contributed by atoms with van der Waals surface area (Å²) in [6.45, 7) is 3.01. The van der Waals surface area contributed by atoms with Crippen LogP contribution >= 0.6 is 15.9 Å². The van der Waals surface area contributed by atoms with Gasteiger partial charge in [-0.25, -0.2) is 4.39 Å². The van der Waals surface area contributed by atoms with Crippen molar-refractivity contribution in [3.8, 4) is 0 Å². The summed E-state index contributed by atoms with van der Waals surface area (Å²) in [5.41, 5.74) is 0.0546.